The van der Waals surface area contributed by atoms with E-state index >= 15 is 0 Å². The van der Waals surface area contributed by atoms with Gasteiger partial charge in [0.25, 0.3) is 0 Å². The Hall–Kier alpha value is -1.08. The highest BCUT2D eigenvalue weighted by Crippen LogP contribution is 2.20. The van der Waals surface area contributed by atoms with E-state index in [0.29, 0.717) is 6.04 Å². The maximum atomic E-state index is 5.92. The van der Waals surface area contributed by atoms with Crippen molar-refractivity contribution in [1.82, 2.24) is 0 Å². The lowest BCUT2D eigenvalue weighted by Gasteiger charge is -2.10. The Kier molecular flexibility index (Phi) is 5.87. The Labute approximate surface area is 99.4 Å². The average molecular weight is 217 g/mol. The summed E-state index contributed by atoms with van der Waals surface area (Å²) in [6.07, 6.45) is 6.74. The Balaban J connectivity index is 2.46. The number of allylic oxidation sites excluding steroid dienone is 2. The van der Waals surface area contributed by atoms with Gasteiger partial charge in [-0.15, -0.1) is 0 Å². The molecule has 0 aromatic heterocycles. The Morgan fingerprint density at radius 3 is 2.56 bits per heavy atom. The monoisotopic (exact) mass is 217 g/mol. The van der Waals surface area contributed by atoms with Gasteiger partial charge in [-0.3, -0.25) is 0 Å². The standard InChI is InChI=1S/C15H23N/c1-3-13(11-8-12-15(16)4-2)14-9-6-5-7-10-14/h3,5-7,9-10,15H,4,8,11-12,16H2,1-2H3/b13-3+. The van der Waals surface area contributed by atoms with Crippen molar-refractivity contribution in [2.75, 3.05) is 0 Å². The first-order valence-electron chi connectivity index (χ1n) is 6.24. The first kappa shape index (κ1) is 13.0. The Morgan fingerprint density at radius 2 is 2.00 bits per heavy atom. The van der Waals surface area contributed by atoms with Crippen LogP contribution in [0.5, 0.6) is 0 Å². The number of nitrogens with two attached hydrogens (primary N) is 1. The van der Waals surface area contributed by atoms with Crippen LogP contribution in [-0.2, 0) is 0 Å². The van der Waals surface area contributed by atoms with Gasteiger partial charge in [0.1, 0.15) is 0 Å². The predicted octanol–water partition coefficient (Wildman–Crippen LogP) is 4.00. The molecule has 0 bridgehead atoms. The van der Waals surface area contributed by atoms with Crippen molar-refractivity contribution in [3.05, 3.63) is 42.0 Å². The van der Waals surface area contributed by atoms with Crippen LogP contribution in [0.1, 0.15) is 45.1 Å². The third-order valence-corrected chi connectivity index (χ3v) is 3.04. The molecule has 0 aliphatic heterocycles. The summed E-state index contributed by atoms with van der Waals surface area (Å²) in [5.41, 5.74) is 8.70. The molecule has 1 rings (SSSR count). The highest BCUT2D eigenvalue weighted by Gasteiger charge is 2.02. The zero-order valence-corrected chi connectivity index (χ0v) is 10.4. The summed E-state index contributed by atoms with van der Waals surface area (Å²) in [6.45, 7) is 4.26. The van der Waals surface area contributed by atoms with E-state index in [1.54, 1.807) is 0 Å². The van der Waals surface area contributed by atoms with Crippen LogP contribution >= 0.6 is 0 Å². The van der Waals surface area contributed by atoms with Gasteiger partial charge in [-0.25, -0.2) is 0 Å². The highest BCUT2D eigenvalue weighted by atomic mass is 14.6. The summed E-state index contributed by atoms with van der Waals surface area (Å²) >= 11 is 0. The van der Waals surface area contributed by atoms with Crippen molar-refractivity contribution in [3.63, 3.8) is 0 Å². The topological polar surface area (TPSA) is 26.0 Å². The third kappa shape index (κ3) is 4.19. The van der Waals surface area contributed by atoms with E-state index in [0.717, 1.165) is 19.3 Å². The molecule has 1 aromatic carbocycles. The first-order chi connectivity index (χ1) is 7.77. The fourth-order valence-electron chi connectivity index (χ4n) is 1.87. The second-order valence-corrected chi connectivity index (χ2v) is 4.24. The smallest absolute Gasteiger partial charge is 0.00363 e. The minimum Gasteiger partial charge on any atom is -0.328 e. The quantitative estimate of drug-likeness (QED) is 0.766. The van der Waals surface area contributed by atoms with E-state index < -0.39 is 0 Å². The van der Waals surface area contributed by atoms with Crippen LogP contribution in [0.2, 0.25) is 0 Å². The number of hydrogen-bond acceptors (Lipinski definition) is 1. The van der Waals surface area contributed by atoms with Gasteiger partial charge in [0.15, 0.2) is 0 Å². The van der Waals surface area contributed by atoms with Gasteiger partial charge in [-0.1, -0.05) is 43.3 Å². The molecule has 1 atom stereocenters. The van der Waals surface area contributed by atoms with Gasteiger partial charge in [0.2, 0.25) is 0 Å². The molecule has 0 heterocycles. The summed E-state index contributed by atoms with van der Waals surface area (Å²) < 4.78 is 0. The number of rotatable bonds is 6. The fourth-order valence-corrected chi connectivity index (χ4v) is 1.87. The maximum Gasteiger partial charge on any atom is 0.00363 e. The molecule has 88 valence electrons. The van der Waals surface area contributed by atoms with Crippen LogP contribution in [0.25, 0.3) is 5.57 Å². The molecule has 0 radical (unpaired) electrons. The highest BCUT2D eigenvalue weighted by molar-refractivity contribution is 5.64. The Morgan fingerprint density at radius 1 is 1.31 bits per heavy atom. The van der Waals surface area contributed by atoms with Crippen molar-refractivity contribution >= 4 is 5.57 Å². The SMILES string of the molecule is C/C=C(\CCCC(N)CC)c1ccccc1. The lowest BCUT2D eigenvalue weighted by atomic mass is 9.98. The minimum absolute atomic E-state index is 0.369. The van der Waals surface area contributed by atoms with Gasteiger partial charge < -0.3 is 5.73 Å². The molecule has 0 amide bonds. The van der Waals surface area contributed by atoms with E-state index in [4.69, 9.17) is 5.73 Å². The lowest BCUT2D eigenvalue weighted by Crippen LogP contribution is -2.17. The van der Waals surface area contributed by atoms with Gasteiger partial charge in [-0.2, -0.15) is 0 Å². The lowest BCUT2D eigenvalue weighted by molar-refractivity contribution is 0.574. The van der Waals surface area contributed by atoms with Gasteiger partial charge in [-0.05, 0) is 43.7 Å². The van der Waals surface area contributed by atoms with Gasteiger partial charge >= 0.3 is 0 Å². The van der Waals surface area contributed by atoms with Crippen molar-refractivity contribution in [1.29, 1.82) is 0 Å². The molecule has 0 aliphatic carbocycles. The normalized spacial score (nSPS) is 13.8. The minimum atomic E-state index is 0.369. The molecule has 1 aromatic rings. The maximum absolute atomic E-state index is 5.92. The summed E-state index contributed by atoms with van der Waals surface area (Å²) in [7, 11) is 0. The number of benzene rings is 1. The van der Waals surface area contributed by atoms with Crippen LogP contribution < -0.4 is 5.73 Å². The largest absolute Gasteiger partial charge is 0.328 e. The molecular weight excluding hydrogens is 194 g/mol. The Bertz CT molecular complexity index is 313. The van der Waals surface area contributed by atoms with Crippen LogP contribution in [-0.4, -0.2) is 6.04 Å². The fraction of sp³-hybridized carbons (Fsp3) is 0.467. The summed E-state index contributed by atoms with van der Waals surface area (Å²) in [5.74, 6) is 0. The first-order valence-corrected chi connectivity index (χ1v) is 6.24. The van der Waals surface area contributed by atoms with E-state index in [-0.39, 0.29) is 0 Å². The van der Waals surface area contributed by atoms with E-state index in [2.05, 4.69) is 50.3 Å². The molecule has 16 heavy (non-hydrogen) atoms. The second kappa shape index (κ2) is 7.24. The molecule has 1 heteroatoms. The molecule has 0 saturated carbocycles. The van der Waals surface area contributed by atoms with Crippen LogP contribution in [0.15, 0.2) is 36.4 Å². The second-order valence-electron chi connectivity index (χ2n) is 4.24. The van der Waals surface area contributed by atoms with Crippen LogP contribution in [0, 0.1) is 0 Å². The summed E-state index contributed by atoms with van der Waals surface area (Å²) in [6, 6.07) is 11.0. The zero-order chi connectivity index (χ0) is 11.8. The van der Waals surface area contributed by atoms with Gasteiger partial charge in [0.05, 0.1) is 0 Å². The van der Waals surface area contributed by atoms with E-state index in [1.807, 2.05) is 0 Å². The molecule has 0 spiro atoms. The molecular formula is C15H23N. The summed E-state index contributed by atoms with van der Waals surface area (Å²) in [4.78, 5) is 0. The summed E-state index contributed by atoms with van der Waals surface area (Å²) in [5, 5.41) is 0. The van der Waals surface area contributed by atoms with E-state index in [1.165, 1.54) is 17.6 Å². The molecule has 1 nitrogen and oxygen atoms in total. The average Bonchev–Trinajstić information content (AvgIpc) is 2.35. The van der Waals surface area contributed by atoms with Crippen LogP contribution in [0.4, 0.5) is 0 Å². The van der Waals surface area contributed by atoms with Crippen LogP contribution in [0.3, 0.4) is 0 Å². The van der Waals surface area contributed by atoms with Crippen molar-refractivity contribution in [2.24, 2.45) is 5.73 Å². The number of hydrogen-bond donors (Lipinski definition) is 1. The van der Waals surface area contributed by atoms with Crippen molar-refractivity contribution in [2.45, 2.75) is 45.6 Å². The molecule has 1 unspecified atom stereocenters. The van der Waals surface area contributed by atoms with E-state index in [9.17, 15) is 0 Å². The van der Waals surface area contributed by atoms with Crippen molar-refractivity contribution in [3.8, 4) is 0 Å². The van der Waals surface area contributed by atoms with Crippen molar-refractivity contribution < 1.29 is 0 Å². The predicted molar refractivity (Wildman–Crippen MR) is 72.2 cm³/mol. The molecule has 2 N–H and O–H groups in total. The molecule has 0 saturated heterocycles. The molecule has 0 aliphatic rings. The zero-order valence-electron chi connectivity index (χ0n) is 10.4. The molecule has 0 fully saturated rings. The van der Waals surface area contributed by atoms with Gasteiger partial charge in [0, 0.05) is 6.04 Å². The third-order valence-electron chi connectivity index (χ3n) is 3.04.